The van der Waals surface area contributed by atoms with E-state index >= 15 is 0 Å². The van der Waals surface area contributed by atoms with Gasteiger partial charge in [-0.15, -0.1) is 0 Å². The average Bonchev–Trinajstić information content (AvgIpc) is 2.46. The Labute approximate surface area is 111 Å². The fourth-order valence-electron chi connectivity index (χ4n) is 1.85. The maximum atomic E-state index is 11.7. The minimum absolute atomic E-state index is 0.196. The molecule has 2 rings (SSSR count). The molecule has 0 spiro atoms. The molecule has 1 aromatic carbocycles. The van der Waals surface area contributed by atoms with Gasteiger partial charge in [0.25, 0.3) is 0 Å². The lowest BCUT2D eigenvalue weighted by molar-refractivity contribution is 0.0916. The summed E-state index contributed by atoms with van der Waals surface area (Å²) in [5, 5.41) is 3.17. The van der Waals surface area contributed by atoms with E-state index in [4.69, 9.17) is 10.5 Å². The van der Waals surface area contributed by atoms with Crippen LogP contribution in [0.4, 0.5) is 4.79 Å². The summed E-state index contributed by atoms with van der Waals surface area (Å²) >= 11 is 0. The number of primary amides is 1. The fourth-order valence-corrected chi connectivity index (χ4v) is 1.85. The Morgan fingerprint density at radius 2 is 1.84 bits per heavy atom. The molecule has 0 radical (unpaired) electrons. The number of piperazine rings is 1. The molecule has 1 aromatic rings. The zero-order valence-electron chi connectivity index (χ0n) is 10.6. The van der Waals surface area contributed by atoms with E-state index in [1.807, 2.05) is 0 Å². The van der Waals surface area contributed by atoms with Crippen LogP contribution < -0.4 is 11.1 Å². The number of nitrogens with one attached hydrogen (secondary N) is 1. The molecule has 0 atom stereocenters. The third-order valence-corrected chi connectivity index (χ3v) is 2.98. The molecule has 0 aliphatic carbocycles. The minimum Gasteiger partial charge on any atom is -0.445 e. The fraction of sp³-hybridized carbons (Fsp3) is 0.385. The predicted octanol–water partition coefficient (Wildman–Crippen LogP) is 0.327. The van der Waals surface area contributed by atoms with E-state index in [2.05, 4.69) is 5.32 Å². The van der Waals surface area contributed by atoms with Gasteiger partial charge in [-0.25, -0.2) is 4.79 Å². The highest BCUT2D eigenvalue weighted by molar-refractivity contribution is 5.92. The molecular formula is C13H17N3O3. The Bertz CT molecular complexity index is 453. The van der Waals surface area contributed by atoms with E-state index in [1.54, 1.807) is 29.2 Å². The summed E-state index contributed by atoms with van der Waals surface area (Å²) in [6.07, 6.45) is -0.305. The molecule has 0 aromatic heterocycles. The Hall–Kier alpha value is -2.08. The number of ether oxygens (including phenoxy) is 1. The largest absolute Gasteiger partial charge is 0.445 e. The molecule has 1 aliphatic heterocycles. The molecule has 19 heavy (non-hydrogen) atoms. The number of rotatable bonds is 3. The van der Waals surface area contributed by atoms with Gasteiger partial charge in [0.1, 0.15) is 6.61 Å². The van der Waals surface area contributed by atoms with Crippen LogP contribution in [0.1, 0.15) is 15.9 Å². The van der Waals surface area contributed by atoms with Crippen LogP contribution in [0, 0.1) is 0 Å². The number of nitrogens with zero attached hydrogens (tertiary/aromatic N) is 1. The Kier molecular flexibility index (Phi) is 4.35. The van der Waals surface area contributed by atoms with Gasteiger partial charge in [-0.2, -0.15) is 0 Å². The van der Waals surface area contributed by atoms with Crippen molar-refractivity contribution >= 4 is 12.0 Å². The predicted molar refractivity (Wildman–Crippen MR) is 69.6 cm³/mol. The number of hydrogen-bond acceptors (Lipinski definition) is 4. The first kappa shape index (κ1) is 13.4. The van der Waals surface area contributed by atoms with Crippen LogP contribution in [-0.4, -0.2) is 43.1 Å². The van der Waals surface area contributed by atoms with Crippen molar-refractivity contribution in [1.82, 2.24) is 10.2 Å². The van der Waals surface area contributed by atoms with E-state index in [1.165, 1.54) is 0 Å². The normalized spacial score (nSPS) is 15.1. The van der Waals surface area contributed by atoms with Gasteiger partial charge in [0, 0.05) is 31.7 Å². The highest BCUT2D eigenvalue weighted by Crippen LogP contribution is 2.07. The van der Waals surface area contributed by atoms with Crippen LogP contribution in [0.25, 0.3) is 0 Å². The lowest BCUT2D eigenvalue weighted by Gasteiger charge is -2.26. The molecule has 1 saturated heterocycles. The molecule has 3 N–H and O–H groups in total. The highest BCUT2D eigenvalue weighted by atomic mass is 16.6. The van der Waals surface area contributed by atoms with Crippen molar-refractivity contribution in [2.45, 2.75) is 6.61 Å². The summed E-state index contributed by atoms with van der Waals surface area (Å²) in [4.78, 5) is 24.3. The zero-order valence-corrected chi connectivity index (χ0v) is 10.6. The minimum atomic E-state index is -0.468. The summed E-state index contributed by atoms with van der Waals surface area (Å²) in [7, 11) is 0. The molecule has 0 saturated carbocycles. The van der Waals surface area contributed by atoms with E-state index < -0.39 is 5.91 Å². The van der Waals surface area contributed by atoms with Crippen molar-refractivity contribution < 1.29 is 14.3 Å². The van der Waals surface area contributed by atoms with Crippen LogP contribution in [-0.2, 0) is 11.3 Å². The molecule has 2 amide bonds. The molecule has 6 heteroatoms. The smallest absolute Gasteiger partial charge is 0.410 e. The second kappa shape index (κ2) is 6.19. The molecule has 1 heterocycles. The topological polar surface area (TPSA) is 84.7 Å². The van der Waals surface area contributed by atoms with Crippen LogP contribution in [0.3, 0.4) is 0 Å². The van der Waals surface area contributed by atoms with Gasteiger partial charge < -0.3 is 20.7 Å². The summed E-state index contributed by atoms with van der Waals surface area (Å²) in [5.41, 5.74) is 6.42. The van der Waals surface area contributed by atoms with Gasteiger partial charge in [0.2, 0.25) is 5.91 Å². The zero-order chi connectivity index (χ0) is 13.7. The summed E-state index contributed by atoms with van der Waals surface area (Å²) < 4.78 is 5.21. The Morgan fingerprint density at radius 3 is 2.42 bits per heavy atom. The summed E-state index contributed by atoms with van der Waals surface area (Å²) in [6.45, 7) is 3.12. The highest BCUT2D eigenvalue weighted by Gasteiger charge is 2.17. The van der Waals surface area contributed by atoms with E-state index in [9.17, 15) is 9.59 Å². The number of hydrogen-bond donors (Lipinski definition) is 2. The molecule has 0 unspecified atom stereocenters. The number of amides is 2. The van der Waals surface area contributed by atoms with Crippen molar-refractivity contribution in [1.29, 1.82) is 0 Å². The van der Waals surface area contributed by atoms with E-state index in [0.717, 1.165) is 18.7 Å². The lowest BCUT2D eigenvalue weighted by Crippen LogP contribution is -2.46. The first-order valence-corrected chi connectivity index (χ1v) is 6.18. The van der Waals surface area contributed by atoms with Crippen LogP contribution in [0.2, 0.25) is 0 Å². The second-order valence-corrected chi connectivity index (χ2v) is 4.35. The molecular weight excluding hydrogens is 246 g/mol. The van der Waals surface area contributed by atoms with Gasteiger partial charge >= 0.3 is 6.09 Å². The lowest BCUT2D eigenvalue weighted by atomic mass is 10.1. The van der Waals surface area contributed by atoms with Crippen molar-refractivity contribution in [3.05, 3.63) is 35.4 Å². The van der Waals surface area contributed by atoms with Gasteiger partial charge in [0.15, 0.2) is 0 Å². The summed E-state index contributed by atoms with van der Waals surface area (Å²) in [6, 6.07) is 6.70. The molecule has 0 bridgehead atoms. The average molecular weight is 263 g/mol. The summed E-state index contributed by atoms with van der Waals surface area (Å²) in [5.74, 6) is -0.468. The van der Waals surface area contributed by atoms with E-state index in [-0.39, 0.29) is 12.7 Å². The number of nitrogens with two attached hydrogens (primary N) is 1. The Balaban J connectivity index is 1.84. The molecule has 102 valence electrons. The van der Waals surface area contributed by atoms with Gasteiger partial charge in [-0.3, -0.25) is 4.79 Å². The van der Waals surface area contributed by atoms with Gasteiger partial charge in [-0.05, 0) is 17.7 Å². The molecule has 1 fully saturated rings. The van der Waals surface area contributed by atoms with Crippen LogP contribution in [0.15, 0.2) is 24.3 Å². The van der Waals surface area contributed by atoms with Crippen molar-refractivity contribution in [2.75, 3.05) is 26.2 Å². The maximum Gasteiger partial charge on any atom is 0.410 e. The van der Waals surface area contributed by atoms with Crippen LogP contribution in [0.5, 0.6) is 0 Å². The number of carbonyl (C=O) groups is 2. The van der Waals surface area contributed by atoms with Crippen molar-refractivity contribution in [3.63, 3.8) is 0 Å². The van der Waals surface area contributed by atoms with Gasteiger partial charge in [-0.1, -0.05) is 12.1 Å². The molecule has 6 nitrogen and oxygen atoms in total. The van der Waals surface area contributed by atoms with Crippen LogP contribution >= 0.6 is 0 Å². The third kappa shape index (κ3) is 3.69. The number of carbonyl (C=O) groups excluding carboxylic acids is 2. The van der Waals surface area contributed by atoms with Crippen molar-refractivity contribution in [2.24, 2.45) is 5.73 Å². The maximum absolute atomic E-state index is 11.7. The molecule has 1 aliphatic rings. The monoisotopic (exact) mass is 263 g/mol. The quantitative estimate of drug-likeness (QED) is 0.823. The van der Waals surface area contributed by atoms with Gasteiger partial charge in [0.05, 0.1) is 0 Å². The third-order valence-electron chi connectivity index (χ3n) is 2.98. The Morgan fingerprint density at radius 1 is 1.21 bits per heavy atom. The standard InChI is InChI=1S/C13H17N3O3/c14-12(17)11-3-1-10(2-4-11)9-19-13(18)16-7-5-15-6-8-16/h1-4,15H,5-9H2,(H2,14,17). The van der Waals surface area contributed by atoms with Crippen molar-refractivity contribution in [3.8, 4) is 0 Å². The van der Waals surface area contributed by atoms with E-state index in [0.29, 0.717) is 18.7 Å². The first-order valence-electron chi connectivity index (χ1n) is 6.18. The first-order chi connectivity index (χ1) is 9.16. The SMILES string of the molecule is NC(=O)c1ccc(COC(=O)N2CCNCC2)cc1. The number of benzene rings is 1. The second-order valence-electron chi connectivity index (χ2n) is 4.35.